The van der Waals surface area contributed by atoms with Crippen LogP contribution in [0.2, 0.25) is 0 Å². The fourth-order valence-electron chi connectivity index (χ4n) is 4.15. The van der Waals surface area contributed by atoms with E-state index in [2.05, 4.69) is 51.4 Å². The maximum atomic E-state index is 4.93. The smallest absolute Gasteiger partial charge is 0.194 e. The van der Waals surface area contributed by atoms with Gasteiger partial charge in [0.25, 0.3) is 0 Å². The summed E-state index contributed by atoms with van der Waals surface area (Å²) in [5.41, 5.74) is 2.28. The van der Waals surface area contributed by atoms with Crippen LogP contribution in [-0.4, -0.2) is 64.3 Å². The van der Waals surface area contributed by atoms with Crippen LogP contribution in [-0.2, 0) is 6.54 Å². The average molecular weight is 367 g/mol. The summed E-state index contributed by atoms with van der Waals surface area (Å²) in [6.45, 7) is 8.46. The number of likely N-dealkylation sites (tertiary alicyclic amines) is 2. The minimum absolute atomic E-state index is 0.683. The van der Waals surface area contributed by atoms with Crippen LogP contribution in [0.3, 0.4) is 0 Å². The van der Waals surface area contributed by atoms with Crippen molar-refractivity contribution in [3.05, 3.63) is 48.3 Å². The molecule has 0 saturated carbocycles. The third-order valence-electron chi connectivity index (χ3n) is 5.55. The van der Waals surface area contributed by atoms with Crippen LogP contribution >= 0.6 is 0 Å². The van der Waals surface area contributed by atoms with Gasteiger partial charge in [0.05, 0.1) is 12.2 Å². The molecule has 0 spiro atoms. The zero-order chi connectivity index (χ0) is 18.5. The molecule has 1 atom stereocenters. The maximum absolute atomic E-state index is 4.93. The van der Waals surface area contributed by atoms with Crippen LogP contribution in [0, 0.1) is 0 Å². The van der Waals surface area contributed by atoms with Gasteiger partial charge in [-0.15, -0.1) is 0 Å². The Morgan fingerprint density at radius 2 is 2.11 bits per heavy atom. The monoisotopic (exact) mass is 366 g/mol. The molecule has 0 amide bonds. The highest BCUT2D eigenvalue weighted by Gasteiger charge is 2.30. The summed E-state index contributed by atoms with van der Waals surface area (Å²) >= 11 is 0. The fourth-order valence-corrected chi connectivity index (χ4v) is 4.15. The van der Waals surface area contributed by atoms with Gasteiger partial charge < -0.3 is 10.2 Å². The number of hydrogen-bond donors (Lipinski definition) is 1. The van der Waals surface area contributed by atoms with Crippen molar-refractivity contribution in [1.29, 1.82) is 0 Å². The zero-order valence-electron chi connectivity index (χ0n) is 16.2. The van der Waals surface area contributed by atoms with E-state index in [1.54, 1.807) is 6.20 Å². The van der Waals surface area contributed by atoms with E-state index in [4.69, 9.17) is 4.99 Å². The van der Waals surface area contributed by atoms with Crippen molar-refractivity contribution in [2.24, 2.45) is 4.99 Å². The molecule has 27 heavy (non-hydrogen) atoms. The van der Waals surface area contributed by atoms with E-state index in [1.807, 2.05) is 16.9 Å². The largest absolute Gasteiger partial charge is 0.357 e. The van der Waals surface area contributed by atoms with Crippen LogP contribution in [0.4, 0.5) is 0 Å². The van der Waals surface area contributed by atoms with Crippen molar-refractivity contribution < 1.29 is 0 Å². The lowest BCUT2D eigenvalue weighted by atomic mass is 10.2. The van der Waals surface area contributed by atoms with Crippen molar-refractivity contribution in [2.45, 2.75) is 38.8 Å². The Kier molecular flexibility index (Phi) is 5.72. The number of rotatable bonds is 5. The molecule has 0 bridgehead atoms. The van der Waals surface area contributed by atoms with Crippen molar-refractivity contribution >= 4 is 5.96 Å². The molecule has 6 nitrogen and oxygen atoms in total. The Hall–Kier alpha value is -2.34. The van der Waals surface area contributed by atoms with E-state index in [-0.39, 0.29) is 0 Å². The van der Waals surface area contributed by atoms with Gasteiger partial charge in [0.2, 0.25) is 0 Å². The molecule has 2 aliphatic heterocycles. The summed E-state index contributed by atoms with van der Waals surface area (Å²) in [5.74, 6) is 1.05. The van der Waals surface area contributed by atoms with Crippen molar-refractivity contribution in [3.63, 3.8) is 0 Å². The molecule has 4 rings (SSSR count). The van der Waals surface area contributed by atoms with Crippen LogP contribution in [0.25, 0.3) is 5.69 Å². The second-order valence-electron chi connectivity index (χ2n) is 7.42. The Morgan fingerprint density at radius 3 is 2.89 bits per heavy atom. The topological polar surface area (TPSA) is 48.7 Å². The summed E-state index contributed by atoms with van der Waals surface area (Å²) in [6, 6.07) is 11.1. The number of aromatic nitrogens is 2. The van der Waals surface area contributed by atoms with Gasteiger partial charge in [-0.05, 0) is 63.0 Å². The highest BCUT2D eigenvalue weighted by Crippen LogP contribution is 2.20. The van der Waals surface area contributed by atoms with Gasteiger partial charge in [0.1, 0.15) is 0 Å². The lowest BCUT2D eigenvalue weighted by molar-refractivity contribution is 0.249. The highest BCUT2D eigenvalue weighted by molar-refractivity contribution is 5.80. The number of benzene rings is 1. The maximum Gasteiger partial charge on any atom is 0.194 e. The van der Waals surface area contributed by atoms with Crippen LogP contribution < -0.4 is 5.32 Å². The molecule has 1 unspecified atom stereocenters. The lowest BCUT2D eigenvalue weighted by Crippen LogP contribution is -2.42. The van der Waals surface area contributed by atoms with E-state index in [1.165, 1.54) is 37.9 Å². The molecule has 3 heterocycles. The van der Waals surface area contributed by atoms with Crippen molar-refractivity contribution in [3.8, 4) is 5.69 Å². The lowest BCUT2D eigenvalue weighted by Gasteiger charge is -2.25. The third kappa shape index (κ3) is 4.33. The van der Waals surface area contributed by atoms with Gasteiger partial charge in [0, 0.05) is 38.1 Å². The third-order valence-corrected chi connectivity index (χ3v) is 5.55. The number of guanidine groups is 1. The van der Waals surface area contributed by atoms with E-state index in [9.17, 15) is 0 Å². The normalized spacial score (nSPS) is 21.1. The first-order valence-electron chi connectivity index (χ1n) is 10.2. The van der Waals surface area contributed by atoms with Gasteiger partial charge in [-0.25, -0.2) is 9.67 Å². The van der Waals surface area contributed by atoms with E-state index in [0.717, 1.165) is 31.3 Å². The summed E-state index contributed by atoms with van der Waals surface area (Å²) in [7, 11) is 0. The molecule has 2 aromatic rings. The summed E-state index contributed by atoms with van der Waals surface area (Å²) in [6.07, 6.45) is 7.74. The standard InChI is InChI=1S/C21H30N6/c1-2-22-21(26-14-9-20(17-26)25-11-3-4-12-25)23-16-18-7-5-8-19(15-18)27-13-6-10-24-27/h5-8,10,13,15,20H,2-4,9,11-12,14,16-17H2,1H3,(H,22,23). The minimum atomic E-state index is 0.683. The predicted octanol–water partition coefficient (Wildman–Crippen LogP) is 2.51. The quantitative estimate of drug-likeness (QED) is 0.653. The second-order valence-corrected chi connectivity index (χ2v) is 7.42. The summed E-state index contributed by atoms with van der Waals surface area (Å²) in [5, 5.41) is 7.80. The molecule has 2 saturated heterocycles. The molecule has 0 radical (unpaired) electrons. The van der Waals surface area contributed by atoms with Gasteiger partial charge in [0.15, 0.2) is 5.96 Å². The fraction of sp³-hybridized carbons (Fsp3) is 0.524. The van der Waals surface area contributed by atoms with Gasteiger partial charge in [-0.2, -0.15) is 5.10 Å². The Morgan fingerprint density at radius 1 is 1.22 bits per heavy atom. The highest BCUT2D eigenvalue weighted by atomic mass is 15.3. The Balaban J connectivity index is 1.43. The van der Waals surface area contributed by atoms with Gasteiger partial charge in [-0.1, -0.05) is 12.1 Å². The summed E-state index contributed by atoms with van der Waals surface area (Å²) in [4.78, 5) is 10.0. The van der Waals surface area contributed by atoms with E-state index >= 15 is 0 Å². The molecule has 144 valence electrons. The van der Waals surface area contributed by atoms with Crippen molar-refractivity contribution in [2.75, 3.05) is 32.7 Å². The Labute approximate surface area is 161 Å². The number of aliphatic imine (C=N–C) groups is 1. The SMILES string of the molecule is CCNC(=NCc1cccc(-n2cccn2)c1)N1CCC(N2CCCC2)C1. The number of hydrogen-bond acceptors (Lipinski definition) is 3. The molecule has 2 aliphatic rings. The molecule has 6 heteroatoms. The first-order valence-corrected chi connectivity index (χ1v) is 10.2. The molecule has 0 aliphatic carbocycles. The molecule has 1 aromatic heterocycles. The predicted molar refractivity (Wildman–Crippen MR) is 109 cm³/mol. The molecule has 1 N–H and O–H groups in total. The molecule has 2 fully saturated rings. The van der Waals surface area contributed by atoms with Crippen LogP contribution in [0.15, 0.2) is 47.7 Å². The van der Waals surface area contributed by atoms with E-state index in [0.29, 0.717) is 12.6 Å². The van der Waals surface area contributed by atoms with Crippen LogP contribution in [0.5, 0.6) is 0 Å². The Bertz CT molecular complexity index is 748. The molecular weight excluding hydrogens is 336 g/mol. The van der Waals surface area contributed by atoms with Gasteiger partial charge >= 0.3 is 0 Å². The van der Waals surface area contributed by atoms with Gasteiger partial charge in [-0.3, -0.25) is 4.90 Å². The van der Waals surface area contributed by atoms with Crippen molar-refractivity contribution in [1.82, 2.24) is 24.9 Å². The minimum Gasteiger partial charge on any atom is -0.357 e. The zero-order valence-corrected chi connectivity index (χ0v) is 16.2. The molecular formula is C21H30N6. The van der Waals surface area contributed by atoms with E-state index < -0.39 is 0 Å². The average Bonchev–Trinajstić information content (AvgIpc) is 3.46. The number of nitrogens with one attached hydrogen (secondary N) is 1. The number of nitrogens with zero attached hydrogens (tertiary/aromatic N) is 5. The second kappa shape index (κ2) is 8.57. The first kappa shape index (κ1) is 18.0. The molecule has 1 aromatic carbocycles. The summed E-state index contributed by atoms with van der Waals surface area (Å²) < 4.78 is 1.89. The van der Waals surface area contributed by atoms with Crippen LogP contribution in [0.1, 0.15) is 31.7 Å². The first-order chi connectivity index (χ1) is 13.3.